The molecule has 1 aromatic heterocycles. The van der Waals surface area contributed by atoms with Crippen LogP contribution >= 0.6 is 0 Å². The Morgan fingerprint density at radius 1 is 1.52 bits per heavy atom. The fourth-order valence-electron chi connectivity index (χ4n) is 2.62. The molecule has 1 fully saturated rings. The highest BCUT2D eigenvalue weighted by molar-refractivity contribution is 7.89. The summed E-state index contributed by atoms with van der Waals surface area (Å²) in [4.78, 5) is 0.371. The van der Waals surface area contributed by atoms with E-state index in [-0.39, 0.29) is 6.04 Å². The predicted octanol–water partition coefficient (Wildman–Crippen LogP) is 1.03. The fourth-order valence-corrected chi connectivity index (χ4v) is 4.05. The highest BCUT2D eigenvalue weighted by Crippen LogP contribution is 2.23. The van der Waals surface area contributed by atoms with Gasteiger partial charge in [-0.25, -0.2) is 8.42 Å². The maximum absolute atomic E-state index is 12.7. The van der Waals surface area contributed by atoms with Crippen LogP contribution < -0.4 is 5.32 Å². The summed E-state index contributed by atoms with van der Waals surface area (Å²) in [7, 11) is 0.0470. The van der Waals surface area contributed by atoms with Gasteiger partial charge in [0, 0.05) is 38.6 Å². The van der Waals surface area contributed by atoms with Crippen molar-refractivity contribution in [1.82, 2.24) is 14.2 Å². The van der Waals surface area contributed by atoms with Crippen molar-refractivity contribution in [2.45, 2.75) is 43.8 Å². The highest BCUT2D eigenvalue weighted by Gasteiger charge is 2.31. The van der Waals surface area contributed by atoms with E-state index in [0.29, 0.717) is 24.7 Å². The van der Waals surface area contributed by atoms with Gasteiger partial charge in [0.05, 0.1) is 12.6 Å². The maximum atomic E-state index is 12.7. The van der Waals surface area contributed by atoms with Crippen LogP contribution in [-0.2, 0) is 27.8 Å². The lowest BCUT2D eigenvalue weighted by atomic mass is 10.3. The average molecular weight is 315 g/mol. The van der Waals surface area contributed by atoms with Crippen molar-refractivity contribution in [2.24, 2.45) is 0 Å². The van der Waals surface area contributed by atoms with Crippen LogP contribution in [0.2, 0.25) is 0 Å². The Balaban J connectivity index is 2.28. The maximum Gasteiger partial charge on any atom is 0.244 e. The van der Waals surface area contributed by atoms with Crippen LogP contribution in [0, 0.1) is 0 Å². The Kier molecular flexibility index (Phi) is 5.43. The average Bonchev–Trinajstić information content (AvgIpc) is 3.09. The van der Waals surface area contributed by atoms with E-state index >= 15 is 0 Å². The molecule has 1 aliphatic rings. The molecule has 0 aromatic carbocycles. The third-order valence-corrected chi connectivity index (χ3v) is 5.76. The van der Waals surface area contributed by atoms with Gasteiger partial charge in [0.1, 0.15) is 4.90 Å². The molecule has 1 aromatic rings. The Bertz CT molecular complexity index is 539. The zero-order chi connectivity index (χ0) is 15.5. The number of ether oxygens (including phenoxy) is 1. The summed E-state index contributed by atoms with van der Waals surface area (Å²) in [6.07, 6.45) is 3.48. The van der Waals surface area contributed by atoms with E-state index in [2.05, 4.69) is 12.2 Å². The second-order valence-electron chi connectivity index (χ2n) is 5.43. The van der Waals surface area contributed by atoms with Crippen LogP contribution in [-0.4, -0.2) is 50.6 Å². The van der Waals surface area contributed by atoms with E-state index in [9.17, 15) is 8.42 Å². The van der Waals surface area contributed by atoms with Gasteiger partial charge >= 0.3 is 0 Å². The minimum absolute atomic E-state index is 0.0581. The van der Waals surface area contributed by atoms with Gasteiger partial charge in [0.15, 0.2) is 0 Å². The van der Waals surface area contributed by atoms with E-state index in [1.807, 2.05) is 11.6 Å². The lowest BCUT2D eigenvalue weighted by molar-refractivity contribution is 0.181. The molecule has 0 aliphatic carbocycles. The minimum Gasteiger partial charge on any atom is -0.380 e. The minimum atomic E-state index is -3.46. The van der Waals surface area contributed by atoms with E-state index in [1.54, 1.807) is 19.3 Å². The van der Waals surface area contributed by atoms with E-state index in [4.69, 9.17) is 4.74 Å². The smallest absolute Gasteiger partial charge is 0.244 e. The molecule has 1 saturated heterocycles. The zero-order valence-electron chi connectivity index (χ0n) is 13.0. The number of likely N-dealkylation sites (N-methyl/N-ethyl adjacent to an activating group) is 1. The van der Waals surface area contributed by atoms with Crippen molar-refractivity contribution in [3.8, 4) is 0 Å². The normalized spacial score (nSPS) is 19.5. The second-order valence-corrected chi connectivity index (χ2v) is 7.43. The first-order valence-corrected chi connectivity index (χ1v) is 8.84. The summed E-state index contributed by atoms with van der Waals surface area (Å²) >= 11 is 0. The largest absolute Gasteiger partial charge is 0.380 e. The number of rotatable bonds is 7. The van der Waals surface area contributed by atoms with Crippen molar-refractivity contribution in [2.75, 3.05) is 27.3 Å². The molecule has 6 nitrogen and oxygen atoms in total. The molecular formula is C14H25N3O3S. The first-order valence-electron chi connectivity index (χ1n) is 7.40. The number of hydrogen-bond acceptors (Lipinski definition) is 4. The van der Waals surface area contributed by atoms with Crippen LogP contribution in [0.4, 0.5) is 0 Å². The van der Waals surface area contributed by atoms with Gasteiger partial charge < -0.3 is 14.6 Å². The monoisotopic (exact) mass is 315 g/mol. The van der Waals surface area contributed by atoms with E-state index < -0.39 is 10.0 Å². The number of hydrogen-bond donors (Lipinski definition) is 1. The number of nitrogens with one attached hydrogen (secondary N) is 1. The van der Waals surface area contributed by atoms with Crippen LogP contribution in [0.3, 0.4) is 0 Å². The van der Waals surface area contributed by atoms with Gasteiger partial charge in [-0.1, -0.05) is 6.92 Å². The molecule has 1 unspecified atom stereocenters. The summed E-state index contributed by atoms with van der Waals surface area (Å²) in [5, 5.41) is 3.08. The molecule has 0 amide bonds. The number of aromatic nitrogens is 1. The van der Waals surface area contributed by atoms with Crippen LogP contribution in [0.1, 0.15) is 25.5 Å². The Hall–Kier alpha value is -0.890. The SMILES string of the molecule is CCCn1cc(S(=O)(=O)N(C)C2CCOC2)cc1CNC. The number of aryl methyl sites for hydroxylation is 1. The molecule has 120 valence electrons. The first-order chi connectivity index (χ1) is 10.0. The molecule has 1 atom stereocenters. The lowest BCUT2D eigenvalue weighted by Crippen LogP contribution is -2.37. The molecule has 21 heavy (non-hydrogen) atoms. The first kappa shape index (κ1) is 16.5. The van der Waals surface area contributed by atoms with Gasteiger partial charge in [-0.3, -0.25) is 0 Å². The van der Waals surface area contributed by atoms with Crippen LogP contribution in [0.25, 0.3) is 0 Å². The van der Waals surface area contributed by atoms with Gasteiger partial charge in [0.2, 0.25) is 10.0 Å². The third-order valence-electron chi connectivity index (χ3n) is 3.88. The molecule has 2 heterocycles. The Morgan fingerprint density at radius 2 is 2.29 bits per heavy atom. The van der Waals surface area contributed by atoms with Crippen molar-refractivity contribution >= 4 is 10.0 Å². The van der Waals surface area contributed by atoms with Crippen molar-refractivity contribution < 1.29 is 13.2 Å². The fraction of sp³-hybridized carbons (Fsp3) is 0.714. The zero-order valence-corrected chi connectivity index (χ0v) is 13.8. The number of nitrogens with zero attached hydrogens (tertiary/aromatic N) is 2. The molecule has 1 aliphatic heterocycles. The third kappa shape index (κ3) is 3.48. The van der Waals surface area contributed by atoms with Crippen molar-refractivity contribution in [1.29, 1.82) is 0 Å². The molecule has 0 spiro atoms. The molecule has 0 saturated carbocycles. The lowest BCUT2D eigenvalue weighted by Gasteiger charge is -2.21. The standard InChI is InChI=1S/C14H25N3O3S/c1-4-6-17-10-14(8-13(17)9-15-2)21(18,19)16(3)12-5-7-20-11-12/h8,10,12,15H,4-7,9,11H2,1-3H3. The van der Waals surface area contributed by atoms with Crippen LogP contribution in [0.15, 0.2) is 17.2 Å². The van der Waals surface area contributed by atoms with E-state index in [1.165, 1.54) is 4.31 Å². The van der Waals surface area contributed by atoms with Crippen molar-refractivity contribution in [3.05, 3.63) is 18.0 Å². The molecule has 0 radical (unpaired) electrons. The van der Waals surface area contributed by atoms with E-state index in [0.717, 1.165) is 25.1 Å². The van der Waals surface area contributed by atoms with Gasteiger partial charge in [-0.2, -0.15) is 4.31 Å². The number of sulfonamides is 1. The summed E-state index contributed by atoms with van der Waals surface area (Å²) in [5.41, 5.74) is 0.994. The summed E-state index contributed by atoms with van der Waals surface area (Å²) < 4.78 is 34.2. The Labute approximate surface area is 127 Å². The van der Waals surface area contributed by atoms with Gasteiger partial charge in [-0.15, -0.1) is 0 Å². The Morgan fingerprint density at radius 3 is 2.86 bits per heavy atom. The summed E-state index contributed by atoms with van der Waals surface area (Å²) in [5.74, 6) is 0. The highest BCUT2D eigenvalue weighted by atomic mass is 32.2. The molecule has 1 N–H and O–H groups in total. The van der Waals surface area contributed by atoms with Gasteiger partial charge in [0.25, 0.3) is 0 Å². The topological polar surface area (TPSA) is 63.6 Å². The quantitative estimate of drug-likeness (QED) is 0.816. The molecular weight excluding hydrogens is 290 g/mol. The molecule has 2 rings (SSSR count). The van der Waals surface area contributed by atoms with Crippen LogP contribution in [0.5, 0.6) is 0 Å². The molecule has 7 heteroatoms. The molecule has 0 bridgehead atoms. The summed E-state index contributed by atoms with van der Waals surface area (Å²) in [6, 6.07) is 1.71. The van der Waals surface area contributed by atoms with Crippen molar-refractivity contribution in [3.63, 3.8) is 0 Å². The summed E-state index contributed by atoms with van der Waals surface area (Å²) in [6.45, 7) is 4.68. The predicted molar refractivity (Wildman–Crippen MR) is 81.7 cm³/mol. The second kappa shape index (κ2) is 6.91. The van der Waals surface area contributed by atoms with Gasteiger partial charge in [-0.05, 0) is 26.0 Å².